The number of rotatable bonds is 6. The Kier molecular flexibility index (Phi) is 6.77. The highest BCUT2D eigenvalue weighted by molar-refractivity contribution is 8.15. The molecule has 1 atom stereocenters. The highest BCUT2D eigenvalue weighted by Gasteiger charge is 2.35. The molecule has 1 N–H and O–H groups in total. The van der Waals surface area contributed by atoms with Crippen molar-refractivity contribution in [3.05, 3.63) is 54.1 Å². The minimum atomic E-state index is -0.503. The van der Waals surface area contributed by atoms with Crippen molar-refractivity contribution >= 4 is 34.4 Å². The number of methoxy groups -OCH3 is 2. The zero-order valence-electron chi connectivity index (χ0n) is 16.5. The Balaban J connectivity index is 1.93. The van der Waals surface area contributed by atoms with Gasteiger partial charge in [-0.3, -0.25) is 14.5 Å². The second-order valence-electron chi connectivity index (χ2n) is 6.32. The molecule has 0 spiro atoms. The molecule has 1 aliphatic heterocycles. The fourth-order valence-electron chi connectivity index (χ4n) is 2.93. The van der Waals surface area contributed by atoms with Gasteiger partial charge < -0.3 is 14.8 Å². The topological polar surface area (TPSA) is 80.2 Å². The molecule has 0 radical (unpaired) electrons. The first-order chi connectivity index (χ1) is 14.0. The van der Waals surface area contributed by atoms with Crippen molar-refractivity contribution in [2.24, 2.45) is 4.99 Å². The van der Waals surface area contributed by atoms with Gasteiger partial charge in [-0.05, 0) is 29.8 Å². The Morgan fingerprint density at radius 1 is 1.17 bits per heavy atom. The Morgan fingerprint density at radius 3 is 2.55 bits per heavy atom. The summed E-state index contributed by atoms with van der Waals surface area (Å²) in [6.07, 6.45) is 0.117. The van der Waals surface area contributed by atoms with Crippen LogP contribution in [-0.4, -0.2) is 48.4 Å². The first-order valence-electron chi connectivity index (χ1n) is 9.09. The van der Waals surface area contributed by atoms with Gasteiger partial charge >= 0.3 is 0 Å². The third kappa shape index (κ3) is 4.89. The lowest BCUT2D eigenvalue weighted by atomic mass is 10.1. The van der Waals surface area contributed by atoms with Gasteiger partial charge in [0.25, 0.3) is 0 Å². The van der Waals surface area contributed by atoms with Crippen molar-refractivity contribution in [2.75, 3.05) is 21.3 Å². The highest BCUT2D eigenvalue weighted by atomic mass is 32.2. The molecule has 152 valence electrons. The third-order valence-electron chi connectivity index (χ3n) is 4.45. The van der Waals surface area contributed by atoms with E-state index in [1.165, 1.54) is 11.8 Å². The van der Waals surface area contributed by atoms with Gasteiger partial charge in [0.05, 0.1) is 31.7 Å². The van der Waals surface area contributed by atoms with Crippen molar-refractivity contribution in [2.45, 2.75) is 18.2 Å². The van der Waals surface area contributed by atoms with Crippen molar-refractivity contribution in [3.8, 4) is 11.5 Å². The molecule has 1 saturated heterocycles. The molecule has 29 heavy (non-hydrogen) atoms. The monoisotopic (exact) mass is 413 g/mol. The molecule has 0 aromatic heterocycles. The summed E-state index contributed by atoms with van der Waals surface area (Å²) in [6, 6.07) is 14.9. The van der Waals surface area contributed by atoms with Crippen LogP contribution in [-0.2, 0) is 16.1 Å². The van der Waals surface area contributed by atoms with Gasteiger partial charge in [-0.1, -0.05) is 36.0 Å². The first kappa shape index (κ1) is 20.7. The average molecular weight is 413 g/mol. The van der Waals surface area contributed by atoms with Crippen molar-refractivity contribution in [3.63, 3.8) is 0 Å². The molecule has 2 aromatic rings. The summed E-state index contributed by atoms with van der Waals surface area (Å²) < 4.78 is 10.6. The minimum Gasteiger partial charge on any atom is -0.493 e. The van der Waals surface area contributed by atoms with E-state index in [2.05, 4.69) is 10.3 Å². The van der Waals surface area contributed by atoms with Crippen molar-refractivity contribution in [1.29, 1.82) is 0 Å². The molecule has 0 aliphatic carbocycles. The molecule has 2 aromatic carbocycles. The van der Waals surface area contributed by atoms with E-state index >= 15 is 0 Å². The van der Waals surface area contributed by atoms with Gasteiger partial charge in [0.2, 0.25) is 11.8 Å². The Morgan fingerprint density at radius 2 is 1.90 bits per heavy atom. The van der Waals surface area contributed by atoms with E-state index in [-0.39, 0.29) is 18.2 Å². The van der Waals surface area contributed by atoms with E-state index in [4.69, 9.17) is 9.47 Å². The zero-order valence-corrected chi connectivity index (χ0v) is 17.4. The van der Waals surface area contributed by atoms with Crippen LogP contribution < -0.4 is 14.8 Å². The number of benzene rings is 2. The Bertz CT molecular complexity index is 917. The van der Waals surface area contributed by atoms with Crippen LogP contribution >= 0.6 is 11.8 Å². The lowest BCUT2D eigenvalue weighted by Gasteiger charge is -2.31. The van der Waals surface area contributed by atoms with E-state index in [1.54, 1.807) is 32.2 Å². The molecule has 1 heterocycles. The summed E-state index contributed by atoms with van der Waals surface area (Å²) in [4.78, 5) is 31.3. The average Bonchev–Trinajstić information content (AvgIpc) is 2.75. The first-order valence-corrected chi connectivity index (χ1v) is 9.97. The number of aliphatic imine (C=N–C) groups is 1. The highest BCUT2D eigenvalue weighted by Crippen LogP contribution is 2.32. The predicted octanol–water partition coefficient (Wildman–Crippen LogP) is 2.97. The maximum absolute atomic E-state index is 12.9. The number of carbonyl (C=O) groups is 2. The molecule has 7 nitrogen and oxygen atoms in total. The molecule has 2 amide bonds. The summed E-state index contributed by atoms with van der Waals surface area (Å²) in [5.41, 5.74) is 1.59. The van der Waals surface area contributed by atoms with Crippen LogP contribution in [0.2, 0.25) is 0 Å². The largest absolute Gasteiger partial charge is 0.493 e. The van der Waals surface area contributed by atoms with Crippen LogP contribution in [0, 0.1) is 0 Å². The number of hydrogen-bond acceptors (Lipinski definition) is 6. The van der Waals surface area contributed by atoms with Crippen LogP contribution in [0.3, 0.4) is 0 Å². The predicted molar refractivity (Wildman–Crippen MR) is 114 cm³/mol. The summed E-state index contributed by atoms with van der Waals surface area (Å²) in [5, 5.41) is 2.61. The van der Waals surface area contributed by atoms with Crippen LogP contribution in [0.1, 0.15) is 12.0 Å². The van der Waals surface area contributed by atoms with Crippen LogP contribution in [0.25, 0.3) is 0 Å². The minimum absolute atomic E-state index is 0.117. The van der Waals surface area contributed by atoms with Crippen LogP contribution in [0.4, 0.5) is 5.69 Å². The third-order valence-corrected chi connectivity index (χ3v) is 5.64. The summed E-state index contributed by atoms with van der Waals surface area (Å²) >= 11 is 1.29. The van der Waals surface area contributed by atoms with Gasteiger partial charge in [-0.25, -0.2) is 4.99 Å². The van der Waals surface area contributed by atoms with E-state index in [9.17, 15) is 9.59 Å². The zero-order chi connectivity index (χ0) is 20.8. The standard InChI is InChI=1S/C21H23N3O4S/c1-22-20(26)18-12-19(25)24(21(29-18)23-15-7-5-4-6-8-15)13-14-9-10-16(27-2)17(11-14)28-3/h4-11,18H,12-13H2,1-3H3,(H,22,26). The number of thioether (sulfide) groups is 1. The van der Waals surface area contributed by atoms with Gasteiger partial charge in [-0.15, -0.1) is 0 Å². The Hall–Kier alpha value is -3.00. The molecular weight excluding hydrogens is 390 g/mol. The van der Waals surface area contributed by atoms with Crippen LogP contribution in [0.5, 0.6) is 11.5 Å². The molecule has 0 saturated carbocycles. The number of nitrogens with one attached hydrogen (secondary N) is 1. The van der Waals surface area contributed by atoms with Crippen molar-refractivity contribution in [1.82, 2.24) is 10.2 Å². The maximum Gasteiger partial charge on any atom is 0.233 e. The molecular formula is C21H23N3O4S. The maximum atomic E-state index is 12.9. The fourth-order valence-corrected chi connectivity index (χ4v) is 4.09. The number of nitrogens with zero attached hydrogens (tertiary/aromatic N) is 2. The van der Waals surface area contributed by atoms with Crippen LogP contribution in [0.15, 0.2) is 53.5 Å². The summed E-state index contributed by atoms with van der Waals surface area (Å²) in [6.45, 7) is 0.318. The molecule has 1 aliphatic rings. The second-order valence-corrected chi connectivity index (χ2v) is 7.49. The smallest absolute Gasteiger partial charge is 0.233 e. The van der Waals surface area contributed by atoms with Gasteiger partial charge in [0.1, 0.15) is 0 Å². The SMILES string of the molecule is CNC(=O)C1CC(=O)N(Cc2ccc(OC)c(OC)c2)C(=Nc2ccccc2)S1. The lowest BCUT2D eigenvalue weighted by molar-refractivity contribution is -0.130. The number of para-hydroxylation sites is 1. The number of carbonyl (C=O) groups excluding carboxylic acids is 2. The number of amidine groups is 1. The van der Waals surface area contributed by atoms with E-state index in [1.807, 2.05) is 42.5 Å². The number of ether oxygens (including phenoxy) is 2. The lowest BCUT2D eigenvalue weighted by Crippen LogP contribution is -2.45. The van der Waals surface area contributed by atoms with E-state index < -0.39 is 5.25 Å². The molecule has 8 heteroatoms. The molecule has 0 bridgehead atoms. The normalized spacial score (nSPS) is 17.9. The quantitative estimate of drug-likeness (QED) is 0.788. The summed E-state index contributed by atoms with van der Waals surface area (Å²) in [7, 11) is 4.71. The second kappa shape index (κ2) is 9.47. The molecule has 3 rings (SSSR count). The number of amides is 2. The number of hydrogen-bond donors (Lipinski definition) is 1. The molecule has 1 fully saturated rings. The van der Waals surface area contributed by atoms with E-state index in [0.717, 1.165) is 11.3 Å². The summed E-state index contributed by atoms with van der Waals surface area (Å²) in [5.74, 6) is 0.872. The molecule has 1 unspecified atom stereocenters. The fraction of sp³-hybridized carbons (Fsp3) is 0.286. The van der Waals surface area contributed by atoms with Gasteiger partial charge in [0, 0.05) is 13.5 Å². The Labute approximate surface area is 174 Å². The van der Waals surface area contributed by atoms with Crippen molar-refractivity contribution < 1.29 is 19.1 Å². The van der Waals surface area contributed by atoms with Gasteiger partial charge in [0.15, 0.2) is 16.7 Å². The van der Waals surface area contributed by atoms with E-state index in [0.29, 0.717) is 23.2 Å². The van der Waals surface area contributed by atoms with Gasteiger partial charge in [-0.2, -0.15) is 0 Å².